The van der Waals surface area contributed by atoms with Gasteiger partial charge in [0.25, 0.3) is 0 Å². The minimum Gasteiger partial charge on any atom is -0.537 e. The molecule has 0 amide bonds. The zero-order chi connectivity index (χ0) is 18.4. The molecular formula is C22H13BBrO3. The third-order valence-electron chi connectivity index (χ3n) is 4.80. The van der Waals surface area contributed by atoms with Crippen LogP contribution in [0, 0.1) is 0 Å². The Hall–Kier alpha value is -2.76. The summed E-state index contributed by atoms with van der Waals surface area (Å²) in [5.74, 6) is 0.561. The molecule has 5 heteroatoms. The molecular weight excluding hydrogens is 403 g/mol. The zero-order valence-corrected chi connectivity index (χ0v) is 15.7. The summed E-state index contributed by atoms with van der Waals surface area (Å²) in [5, 5.41) is 13.3. The minimum absolute atomic E-state index is 0.561. The molecule has 5 rings (SSSR count). The maximum atomic E-state index is 8.96. The molecule has 1 N–H and O–H groups in total. The number of halogens is 1. The highest BCUT2D eigenvalue weighted by Gasteiger charge is 2.16. The molecule has 1 aromatic heterocycles. The van der Waals surface area contributed by atoms with Crippen LogP contribution in [-0.2, 0) is 0 Å². The van der Waals surface area contributed by atoms with Crippen LogP contribution in [0.3, 0.4) is 0 Å². The molecule has 5 aromatic rings. The average molecular weight is 416 g/mol. The van der Waals surface area contributed by atoms with Crippen LogP contribution in [0.1, 0.15) is 0 Å². The summed E-state index contributed by atoms with van der Waals surface area (Å²) in [7, 11) is 0.687. The average Bonchev–Trinajstić information content (AvgIpc) is 3.09. The zero-order valence-electron chi connectivity index (χ0n) is 14.1. The van der Waals surface area contributed by atoms with Gasteiger partial charge in [0.2, 0.25) is 0 Å². The molecule has 4 aromatic carbocycles. The van der Waals surface area contributed by atoms with Crippen molar-refractivity contribution in [3.05, 3.63) is 77.3 Å². The monoisotopic (exact) mass is 415 g/mol. The van der Waals surface area contributed by atoms with Gasteiger partial charge in [-0.3, -0.25) is 0 Å². The van der Waals surface area contributed by atoms with E-state index < -0.39 is 0 Å². The standard InChI is InChI=1S/C22H13BBrO3/c24-19-11-9-14(27-23-25)12-18(19)16-6-3-7-20-21(16)17-10-8-13-4-1-2-5-15(13)22(17)26-20/h1-12,25H. The highest BCUT2D eigenvalue weighted by Crippen LogP contribution is 2.42. The van der Waals surface area contributed by atoms with E-state index >= 15 is 0 Å². The van der Waals surface area contributed by atoms with Crippen molar-refractivity contribution in [1.29, 1.82) is 0 Å². The molecule has 1 radical (unpaired) electrons. The molecule has 1 heterocycles. The summed E-state index contributed by atoms with van der Waals surface area (Å²) >= 11 is 3.64. The summed E-state index contributed by atoms with van der Waals surface area (Å²) < 4.78 is 12.3. The summed E-state index contributed by atoms with van der Waals surface area (Å²) in [6, 6.07) is 24.1. The Morgan fingerprint density at radius 3 is 2.63 bits per heavy atom. The van der Waals surface area contributed by atoms with Gasteiger partial charge in [0.1, 0.15) is 16.9 Å². The third-order valence-corrected chi connectivity index (χ3v) is 5.50. The first-order valence-corrected chi connectivity index (χ1v) is 9.31. The number of benzene rings is 4. The Morgan fingerprint density at radius 2 is 1.74 bits per heavy atom. The van der Waals surface area contributed by atoms with Gasteiger partial charge in [-0.1, -0.05) is 58.4 Å². The van der Waals surface area contributed by atoms with Crippen molar-refractivity contribution in [2.45, 2.75) is 0 Å². The first-order chi connectivity index (χ1) is 13.3. The normalized spacial score (nSPS) is 11.3. The molecule has 0 fully saturated rings. The van der Waals surface area contributed by atoms with Gasteiger partial charge in [-0.25, -0.2) is 0 Å². The van der Waals surface area contributed by atoms with Gasteiger partial charge in [-0.2, -0.15) is 0 Å². The number of hydrogen-bond acceptors (Lipinski definition) is 3. The van der Waals surface area contributed by atoms with E-state index in [1.165, 1.54) is 0 Å². The van der Waals surface area contributed by atoms with Crippen molar-refractivity contribution in [1.82, 2.24) is 0 Å². The van der Waals surface area contributed by atoms with Crippen molar-refractivity contribution < 1.29 is 14.1 Å². The minimum atomic E-state index is 0.561. The van der Waals surface area contributed by atoms with Crippen LogP contribution < -0.4 is 4.65 Å². The molecule has 27 heavy (non-hydrogen) atoms. The Balaban J connectivity index is 1.86. The fraction of sp³-hybridized carbons (Fsp3) is 0. The van der Waals surface area contributed by atoms with Crippen LogP contribution in [-0.4, -0.2) is 12.7 Å². The first kappa shape index (κ1) is 16.4. The Morgan fingerprint density at radius 1 is 0.852 bits per heavy atom. The summed E-state index contributed by atoms with van der Waals surface area (Å²) in [5.41, 5.74) is 3.74. The van der Waals surface area contributed by atoms with E-state index in [9.17, 15) is 0 Å². The molecule has 0 aliphatic heterocycles. The van der Waals surface area contributed by atoms with Crippen LogP contribution in [0.4, 0.5) is 0 Å². The van der Waals surface area contributed by atoms with E-state index in [0.717, 1.165) is 48.3 Å². The van der Waals surface area contributed by atoms with Crippen molar-refractivity contribution in [3.63, 3.8) is 0 Å². The van der Waals surface area contributed by atoms with Crippen molar-refractivity contribution in [3.8, 4) is 16.9 Å². The lowest BCUT2D eigenvalue weighted by Crippen LogP contribution is -1.99. The largest absolute Gasteiger partial charge is 0.569 e. The SMILES string of the molecule is O[B]Oc1ccc(Br)c(-c2cccc3oc4c5ccccc5ccc4c23)c1. The molecule has 0 bridgehead atoms. The second-order valence-electron chi connectivity index (χ2n) is 6.31. The smallest absolute Gasteiger partial charge is 0.537 e. The first-order valence-electron chi connectivity index (χ1n) is 8.52. The van der Waals surface area contributed by atoms with Gasteiger partial charge in [-0.05, 0) is 41.3 Å². The van der Waals surface area contributed by atoms with E-state index in [1.807, 2.05) is 36.4 Å². The molecule has 3 nitrogen and oxygen atoms in total. The van der Waals surface area contributed by atoms with Gasteiger partial charge in [0, 0.05) is 26.2 Å². The topological polar surface area (TPSA) is 42.6 Å². The third kappa shape index (κ3) is 2.62. The van der Waals surface area contributed by atoms with E-state index in [1.54, 1.807) is 6.07 Å². The van der Waals surface area contributed by atoms with Gasteiger partial charge < -0.3 is 14.1 Å². The predicted molar refractivity (Wildman–Crippen MR) is 113 cm³/mol. The van der Waals surface area contributed by atoms with Gasteiger partial charge in [0.15, 0.2) is 0 Å². The van der Waals surface area contributed by atoms with E-state index in [2.05, 4.69) is 46.3 Å². The molecule has 0 spiro atoms. The van der Waals surface area contributed by atoms with E-state index in [0.29, 0.717) is 13.4 Å². The maximum absolute atomic E-state index is 8.96. The molecule has 129 valence electrons. The number of rotatable bonds is 3. The molecule has 0 aliphatic carbocycles. The highest BCUT2D eigenvalue weighted by atomic mass is 79.9. The van der Waals surface area contributed by atoms with Crippen LogP contribution >= 0.6 is 15.9 Å². The number of hydrogen-bond donors (Lipinski definition) is 1. The summed E-state index contributed by atoms with van der Waals surface area (Å²) in [4.78, 5) is 0. The highest BCUT2D eigenvalue weighted by molar-refractivity contribution is 9.10. The quantitative estimate of drug-likeness (QED) is 0.363. The van der Waals surface area contributed by atoms with Crippen molar-refractivity contribution >= 4 is 56.3 Å². The molecule has 0 saturated heterocycles. The fourth-order valence-electron chi connectivity index (χ4n) is 3.62. The van der Waals surface area contributed by atoms with Crippen molar-refractivity contribution in [2.75, 3.05) is 0 Å². The molecule has 0 unspecified atom stereocenters. The van der Waals surface area contributed by atoms with Gasteiger partial charge in [0.05, 0.1) is 0 Å². The predicted octanol–water partition coefficient (Wildman–Crippen LogP) is 6.07. The second kappa shape index (κ2) is 6.45. The molecule has 0 aliphatic rings. The van der Waals surface area contributed by atoms with Gasteiger partial charge in [-0.15, -0.1) is 0 Å². The van der Waals surface area contributed by atoms with Crippen LogP contribution in [0.15, 0.2) is 81.7 Å². The second-order valence-corrected chi connectivity index (χ2v) is 7.16. The number of fused-ring (bicyclic) bond motifs is 5. The Bertz CT molecular complexity index is 1310. The lowest BCUT2D eigenvalue weighted by atomic mass is 9.98. The van der Waals surface area contributed by atoms with Crippen LogP contribution in [0.25, 0.3) is 43.8 Å². The lowest BCUT2D eigenvalue weighted by Gasteiger charge is -2.09. The fourth-order valence-corrected chi connectivity index (χ4v) is 4.08. The summed E-state index contributed by atoms with van der Waals surface area (Å²) in [6.07, 6.45) is 0. The van der Waals surface area contributed by atoms with Crippen molar-refractivity contribution in [2.24, 2.45) is 0 Å². The van der Waals surface area contributed by atoms with E-state index in [-0.39, 0.29) is 0 Å². The Kier molecular flexibility index (Phi) is 3.92. The summed E-state index contributed by atoms with van der Waals surface area (Å²) in [6.45, 7) is 0. The lowest BCUT2D eigenvalue weighted by molar-refractivity contribution is 0.454. The molecule has 0 saturated carbocycles. The Labute approximate surface area is 164 Å². The van der Waals surface area contributed by atoms with E-state index in [4.69, 9.17) is 14.1 Å². The van der Waals surface area contributed by atoms with Gasteiger partial charge >= 0.3 is 7.69 Å². The number of furan rings is 1. The molecule has 0 atom stereocenters. The maximum Gasteiger partial charge on any atom is 0.569 e. The van der Waals surface area contributed by atoms with Crippen LogP contribution in [0.5, 0.6) is 5.75 Å². The van der Waals surface area contributed by atoms with Crippen LogP contribution in [0.2, 0.25) is 0 Å².